The van der Waals surface area contributed by atoms with Gasteiger partial charge in [-0.2, -0.15) is 0 Å². The monoisotopic (exact) mass is 544 g/mol. The van der Waals surface area contributed by atoms with Crippen LogP contribution in [0.5, 0.6) is 0 Å². The van der Waals surface area contributed by atoms with Gasteiger partial charge in [-0.25, -0.2) is 14.6 Å². The number of unbranched alkanes of at least 4 members (excludes halogenated alkanes) is 4. The summed E-state index contributed by atoms with van der Waals surface area (Å²) in [5, 5.41) is 6.32. The zero-order valence-corrected chi connectivity index (χ0v) is 24.4. The molecule has 2 amide bonds. The summed E-state index contributed by atoms with van der Waals surface area (Å²) in [7, 11) is 0. The summed E-state index contributed by atoms with van der Waals surface area (Å²) in [6.07, 6.45) is 9.86. The summed E-state index contributed by atoms with van der Waals surface area (Å²) >= 11 is 0. The van der Waals surface area contributed by atoms with Crippen LogP contribution in [0.4, 0.5) is 10.6 Å². The SMILES string of the molecule is CCOC(=O)[C@H](CCCCCCCc1ccc2c(n1)NCCC2)NC(=O)[C@@H]1CCCN(C(=O)OC(C)(C)C)C1. The Bertz CT molecular complexity index is 961. The Morgan fingerprint density at radius 3 is 2.67 bits per heavy atom. The number of carbonyl (C=O) groups excluding carboxylic acids is 3. The molecule has 9 nitrogen and oxygen atoms in total. The summed E-state index contributed by atoms with van der Waals surface area (Å²) in [5.74, 6) is 0.0956. The molecule has 3 heterocycles. The van der Waals surface area contributed by atoms with Crippen molar-refractivity contribution < 1.29 is 23.9 Å². The van der Waals surface area contributed by atoms with E-state index in [1.807, 2.05) is 20.8 Å². The molecule has 2 aliphatic rings. The minimum Gasteiger partial charge on any atom is -0.464 e. The van der Waals surface area contributed by atoms with Crippen molar-refractivity contribution in [3.8, 4) is 0 Å². The van der Waals surface area contributed by atoms with E-state index in [1.165, 1.54) is 12.0 Å². The Balaban J connectivity index is 1.39. The molecule has 1 saturated heterocycles. The van der Waals surface area contributed by atoms with Gasteiger partial charge in [0.15, 0.2) is 0 Å². The molecule has 2 N–H and O–H groups in total. The number of carbonyl (C=O) groups is 3. The standard InChI is InChI=1S/C30H48N4O5/c1-5-38-28(36)25(33-27(35)23-14-12-20-34(21-23)29(37)39-30(2,3)4)16-10-8-6-7-9-15-24-18-17-22-13-11-19-31-26(22)32-24/h17-18,23,25H,5-16,19-21H2,1-4H3,(H,31,32)(H,33,35)/t23-,25+/m1/s1. The number of piperidine rings is 1. The Morgan fingerprint density at radius 1 is 1.13 bits per heavy atom. The average Bonchev–Trinajstić information content (AvgIpc) is 2.91. The van der Waals surface area contributed by atoms with Gasteiger partial charge in [-0.15, -0.1) is 0 Å². The number of hydrogen-bond donors (Lipinski definition) is 2. The lowest BCUT2D eigenvalue weighted by Crippen LogP contribution is -2.50. The molecule has 1 aromatic heterocycles. The number of amides is 2. The number of aryl methyl sites for hydroxylation is 2. The zero-order chi connectivity index (χ0) is 28.3. The molecule has 0 spiro atoms. The number of rotatable bonds is 12. The number of ether oxygens (including phenoxy) is 2. The quantitative estimate of drug-likeness (QED) is 0.281. The number of anilines is 1. The summed E-state index contributed by atoms with van der Waals surface area (Å²) in [4.78, 5) is 44.5. The molecule has 9 heteroatoms. The van der Waals surface area contributed by atoms with Crippen molar-refractivity contribution in [2.45, 2.75) is 110 Å². The third-order valence-electron chi connectivity index (χ3n) is 7.21. The molecule has 0 aliphatic carbocycles. The lowest BCUT2D eigenvalue weighted by Gasteiger charge is -2.34. The van der Waals surface area contributed by atoms with Gasteiger partial charge in [0.2, 0.25) is 5.91 Å². The van der Waals surface area contributed by atoms with Crippen molar-refractivity contribution in [3.05, 3.63) is 23.4 Å². The Kier molecular flexibility index (Phi) is 11.9. The number of nitrogens with zero attached hydrogens (tertiary/aromatic N) is 2. The number of esters is 1. The molecule has 1 fully saturated rings. The fraction of sp³-hybridized carbons (Fsp3) is 0.733. The van der Waals surface area contributed by atoms with E-state index in [2.05, 4.69) is 22.8 Å². The number of pyridine rings is 1. The van der Waals surface area contributed by atoms with Crippen LogP contribution in [0.15, 0.2) is 12.1 Å². The van der Waals surface area contributed by atoms with Gasteiger partial charge >= 0.3 is 12.1 Å². The van der Waals surface area contributed by atoms with E-state index in [0.29, 0.717) is 25.9 Å². The van der Waals surface area contributed by atoms with Crippen molar-refractivity contribution in [2.75, 3.05) is 31.6 Å². The Hall–Kier alpha value is -2.84. The normalized spacial score (nSPS) is 17.9. The molecule has 218 valence electrons. The number of fused-ring (bicyclic) bond motifs is 1. The molecule has 0 saturated carbocycles. The number of aromatic nitrogens is 1. The van der Waals surface area contributed by atoms with E-state index in [9.17, 15) is 14.4 Å². The predicted octanol–water partition coefficient (Wildman–Crippen LogP) is 5.02. The second-order valence-corrected chi connectivity index (χ2v) is 11.7. The van der Waals surface area contributed by atoms with Crippen molar-refractivity contribution >= 4 is 23.8 Å². The van der Waals surface area contributed by atoms with Gasteiger partial charge in [-0.1, -0.05) is 31.7 Å². The summed E-state index contributed by atoms with van der Waals surface area (Å²) in [6, 6.07) is 3.69. The van der Waals surface area contributed by atoms with E-state index in [0.717, 1.165) is 69.4 Å². The molecule has 2 atom stereocenters. The summed E-state index contributed by atoms with van der Waals surface area (Å²) in [6.45, 7) is 9.39. The van der Waals surface area contributed by atoms with Crippen LogP contribution < -0.4 is 10.6 Å². The van der Waals surface area contributed by atoms with Crippen LogP contribution >= 0.6 is 0 Å². The number of hydrogen-bond acceptors (Lipinski definition) is 7. The molecule has 3 rings (SSSR count). The fourth-order valence-electron chi connectivity index (χ4n) is 5.16. The maximum atomic E-state index is 13.1. The van der Waals surface area contributed by atoms with Crippen LogP contribution in [-0.4, -0.2) is 65.7 Å². The lowest BCUT2D eigenvalue weighted by molar-refractivity contribution is -0.148. The van der Waals surface area contributed by atoms with Crippen LogP contribution in [0.2, 0.25) is 0 Å². The molecule has 0 aromatic carbocycles. The van der Waals surface area contributed by atoms with Gasteiger partial charge in [-0.05, 0) is 84.3 Å². The van der Waals surface area contributed by atoms with Gasteiger partial charge < -0.3 is 25.0 Å². The van der Waals surface area contributed by atoms with Gasteiger partial charge in [0, 0.05) is 25.3 Å². The van der Waals surface area contributed by atoms with Crippen LogP contribution in [0.3, 0.4) is 0 Å². The predicted molar refractivity (Wildman–Crippen MR) is 152 cm³/mol. The highest BCUT2D eigenvalue weighted by Crippen LogP contribution is 2.22. The van der Waals surface area contributed by atoms with Crippen molar-refractivity contribution in [2.24, 2.45) is 5.92 Å². The van der Waals surface area contributed by atoms with Gasteiger partial charge in [-0.3, -0.25) is 4.79 Å². The van der Waals surface area contributed by atoms with Crippen LogP contribution in [-0.2, 0) is 31.9 Å². The van der Waals surface area contributed by atoms with Crippen LogP contribution in [0.25, 0.3) is 0 Å². The largest absolute Gasteiger partial charge is 0.464 e. The first-order valence-electron chi connectivity index (χ1n) is 14.8. The van der Waals surface area contributed by atoms with E-state index in [-0.39, 0.29) is 18.4 Å². The van der Waals surface area contributed by atoms with E-state index in [1.54, 1.807) is 11.8 Å². The highest BCUT2D eigenvalue weighted by Gasteiger charge is 2.33. The minimum absolute atomic E-state index is 0.201. The second-order valence-electron chi connectivity index (χ2n) is 11.7. The summed E-state index contributed by atoms with van der Waals surface area (Å²) < 4.78 is 10.7. The highest BCUT2D eigenvalue weighted by atomic mass is 16.6. The highest BCUT2D eigenvalue weighted by molar-refractivity contribution is 5.86. The second kappa shape index (κ2) is 15.1. The van der Waals surface area contributed by atoms with Crippen LogP contribution in [0, 0.1) is 5.92 Å². The molecule has 1 aromatic rings. The van der Waals surface area contributed by atoms with Crippen LogP contribution in [0.1, 0.15) is 96.7 Å². The molecule has 0 radical (unpaired) electrons. The Labute approximate surface area is 233 Å². The van der Waals surface area contributed by atoms with Crippen molar-refractivity contribution in [1.82, 2.24) is 15.2 Å². The van der Waals surface area contributed by atoms with Gasteiger partial charge in [0.05, 0.1) is 12.5 Å². The maximum absolute atomic E-state index is 13.1. The molecule has 2 aliphatic heterocycles. The minimum atomic E-state index is -0.665. The molecular formula is C30H48N4O5. The van der Waals surface area contributed by atoms with Gasteiger partial charge in [0.1, 0.15) is 17.5 Å². The maximum Gasteiger partial charge on any atom is 0.410 e. The van der Waals surface area contributed by atoms with Gasteiger partial charge in [0.25, 0.3) is 0 Å². The molecule has 39 heavy (non-hydrogen) atoms. The van der Waals surface area contributed by atoms with E-state index >= 15 is 0 Å². The third-order valence-corrected chi connectivity index (χ3v) is 7.21. The third kappa shape index (κ3) is 10.3. The van der Waals surface area contributed by atoms with Crippen molar-refractivity contribution in [3.63, 3.8) is 0 Å². The molecular weight excluding hydrogens is 496 g/mol. The lowest BCUT2D eigenvalue weighted by atomic mass is 9.96. The first-order valence-corrected chi connectivity index (χ1v) is 14.8. The number of likely N-dealkylation sites (tertiary alicyclic amines) is 1. The van der Waals surface area contributed by atoms with E-state index in [4.69, 9.17) is 14.5 Å². The average molecular weight is 545 g/mol. The van der Waals surface area contributed by atoms with Crippen molar-refractivity contribution in [1.29, 1.82) is 0 Å². The number of nitrogens with one attached hydrogen (secondary N) is 2. The fourth-order valence-corrected chi connectivity index (χ4v) is 5.16. The smallest absolute Gasteiger partial charge is 0.410 e. The first-order chi connectivity index (χ1) is 18.7. The zero-order valence-electron chi connectivity index (χ0n) is 24.4. The van der Waals surface area contributed by atoms with E-state index < -0.39 is 23.7 Å². The Morgan fingerprint density at radius 2 is 1.90 bits per heavy atom. The first kappa shape index (κ1) is 30.7. The molecule has 0 bridgehead atoms. The topological polar surface area (TPSA) is 110 Å². The molecule has 0 unspecified atom stereocenters. The summed E-state index contributed by atoms with van der Waals surface area (Å²) in [5.41, 5.74) is 1.87.